The molecular formula is C60H68O30. The summed E-state index contributed by atoms with van der Waals surface area (Å²) in [6.45, 7) is -5.42. The van der Waals surface area contributed by atoms with Gasteiger partial charge in [0.15, 0.2) is 54.1 Å². The molecule has 19 atom stereocenters. The fourth-order valence-electron chi connectivity index (χ4n) is 9.85. The summed E-state index contributed by atoms with van der Waals surface area (Å²) in [5.74, 6) is -8.05. The van der Waals surface area contributed by atoms with Gasteiger partial charge in [-0.05, 0) is 83.4 Å². The van der Waals surface area contributed by atoms with Crippen LogP contribution in [0.3, 0.4) is 0 Å². The number of carbonyl (C=O) groups excluding carboxylic acids is 4. The van der Waals surface area contributed by atoms with Gasteiger partial charge in [0.1, 0.15) is 98.3 Å². The maximum atomic E-state index is 14.1. The molecule has 4 saturated heterocycles. The Bertz CT molecular complexity index is 3140. The van der Waals surface area contributed by atoms with Crippen LogP contribution >= 0.6 is 0 Å². The van der Waals surface area contributed by atoms with Crippen LogP contribution < -0.4 is 9.47 Å². The molecule has 4 aromatic rings. The number of esters is 4. The molecule has 0 amide bonds. The molecule has 488 valence electrons. The topological polar surface area (TPSA) is 451 Å². The summed E-state index contributed by atoms with van der Waals surface area (Å²) >= 11 is 0. The Balaban J connectivity index is 1.22. The van der Waals surface area contributed by atoms with E-state index in [9.17, 15) is 85.6 Å². The average Bonchev–Trinajstić information content (AvgIpc) is 1.42. The minimum Gasteiger partial charge on any atom is -0.508 e. The van der Waals surface area contributed by atoms with E-state index in [-0.39, 0.29) is 39.9 Å². The molecule has 0 aliphatic carbocycles. The van der Waals surface area contributed by atoms with Crippen LogP contribution in [0.4, 0.5) is 0 Å². The Labute approximate surface area is 511 Å². The van der Waals surface area contributed by atoms with Gasteiger partial charge < -0.3 is 128 Å². The van der Waals surface area contributed by atoms with Crippen LogP contribution in [0.5, 0.6) is 28.7 Å². The zero-order chi connectivity index (χ0) is 65.0. The lowest BCUT2D eigenvalue weighted by molar-refractivity contribution is -0.421. The van der Waals surface area contributed by atoms with Gasteiger partial charge in [0.05, 0.1) is 39.6 Å². The molecular weight excluding hydrogens is 1200 g/mol. The van der Waals surface area contributed by atoms with Crippen molar-refractivity contribution < 1.29 is 147 Å². The highest BCUT2D eigenvalue weighted by atomic mass is 16.8. The molecule has 30 heteroatoms. The van der Waals surface area contributed by atoms with Crippen molar-refractivity contribution >= 4 is 42.1 Å². The molecule has 13 N–H and O–H groups in total. The molecule has 0 aromatic heterocycles. The third-order valence-electron chi connectivity index (χ3n) is 14.7. The van der Waals surface area contributed by atoms with Crippen LogP contribution in [0.15, 0.2) is 109 Å². The Morgan fingerprint density at radius 3 is 1.57 bits per heavy atom. The van der Waals surface area contributed by atoms with Gasteiger partial charge in [0, 0.05) is 18.2 Å². The Morgan fingerprint density at radius 1 is 0.500 bits per heavy atom. The first-order chi connectivity index (χ1) is 43.1. The smallest absolute Gasteiger partial charge is 0.338 e. The number of aromatic hydroxyl groups is 3. The van der Waals surface area contributed by atoms with E-state index in [0.717, 1.165) is 18.2 Å². The fourth-order valence-corrected chi connectivity index (χ4v) is 9.85. The van der Waals surface area contributed by atoms with Gasteiger partial charge in [0.25, 0.3) is 0 Å². The lowest BCUT2D eigenvalue weighted by atomic mass is 9.95. The number of hydrogen-bond acceptors (Lipinski definition) is 30. The minimum absolute atomic E-state index is 0.00327. The van der Waals surface area contributed by atoms with Gasteiger partial charge in [-0.1, -0.05) is 42.5 Å². The number of methoxy groups -OCH3 is 2. The molecule has 0 radical (unpaired) electrons. The van der Waals surface area contributed by atoms with Crippen molar-refractivity contribution in [2.45, 2.75) is 116 Å². The predicted octanol–water partition coefficient (Wildman–Crippen LogP) is -1.96. The van der Waals surface area contributed by atoms with E-state index >= 15 is 0 Å². The van der Waals surface area contributed by atoms with Gasteiger partial charge in [0.2, 0.25) is 5.79 Å². The first-order valence-corrected chi connectivity index (χ1v) is 27.7. The Hall–Kier alpha value is -7.70. The molecule has 4 aliphatic rings. The van der Waals surface area contributed by atoms with Crippen molar-refractivity contribution in [3.8, 4) is 28.7 Å². The molecule has 4 aliphatic heterocycles. The number of aliphatic hydroxyl groups is 10. The highest BCUT2D eigenvalue weighted by Gasteiger charge is 2.64. The largest absolute Gasteiger partial charge is 0.508 e. The molecule has 0 saturated carbocycles. The van der Waals surface area contributed by atoms with Gasteiger partial charge in [-0.25, -0.2) is 19.2 Å². The maximum Gasteiger partial charge on any atom is 0.338 e. The standard InChI is InChI=1S/C60H68O30/c1-78-36-22-30(10-17-34(36)65)13-20-42(67)80-27-41-46(71)49(74)51(76)58(84-41)86-53-52(85-44(69)21-14-31-11-18-35(66)37(23-31)79-2)40(26-63)83-59(54(53)87-57-50(75)48(73)45(70)38(24-61)82-57)90-60(28-81-43(68)19-12-29-8-15-33(64)16-9-29)55(47(72)39(25-62)89-60)88-56(77)32-6-4-3-5-7-32/h3-23,38-41,45-55,57-59,61-66,70-76H,24-28H2,1-2H3. The van der Waals surface area contributed by atoms with Crippen LogP contribution in [0.2, 0.25) is 0 Å². The quantitative estimate of drug-likeness (QED) is 0.0206. The van der Waals surface area contributed by atoms with Crippen molar-refractivity contribution in [1.82, 2.24) is 0 Å². The fraction of sp³-hybridized carbons (Fsp3) is 0.433. The van der Waals surface area contributed by atoms with Crippen LogP contribution in [0.1, 0.15) is 27.0 Å². The number of ether oxygens (including phenoxy) is 13. The lowest BCUT2D eigenvalue weighted by Gasteiger charge is -2.50. The number of benzene rings is 4. The van der Waals surface area contributed by atoms with Crippen LogP contribution in [0.25, 0.3) is 18.2 Å². The van der Waals surface area contributed by atoms with Crippen LogP contribution in [-0.4, -0.2) is 254 Å². The van der Waals surface area contributed by atoms with Crippen molar-refractivity contribution in [3.05, 3.63) is 131 Å². The second-order valence-corrected chi connectivity index (χ2v) is 20.7. The van der Waals surface area contributed by atoms with E-state index < -0.39 is 173 Å². The molecule has 30 nitrogen and oxygen atoms in total. The zero-order valence-electron chi connectivity index (χ0n) is 47.8. The average molecular weight is 1270 g/mol. The second-order valence-electron chi connectivity index (χ2n) is 20.7. The number of rotatable bonds is 24. The monoisotopic (exact) mass is 1270 g/mol. The van der Waals surface area contributed by atoms with Crippen LogP contribution in [0, 0.1) is 0 Å². The molecule has 0 bridgehead atoms. The first-order valence-electron chi connectivity index (χ1n) is 27.7. The van der Waals surface area contributed by atoms with Crippen molar-refractivity contribution in [3.63, 3.8) is 0 Å². The number of phenolic OH excluding ortho intramolecular Hbond substituents is 3. The summed E-state index contributed by atoms with van der Waals surface area (Å²) in [7, 11) is 2.57. The third-order valence-corrected chi connectivity index (χ3v) is 14.7. The first kappa shape index (κ1) is 68.2. The number of phenols is 3. The van der Waals surface area contributed by atoms with E-state index in [1.165, 1.54) is 117 Å². The van der Waals surface area contributed by atoms with Gasteiger partial charge in [-0.3, -0.25) is 0 Å². The van der Waals surface area contributed by atoms with E-state index in [1.807, 2.05) is 0 Å². The number of hydrogen-bond donors (Lipinski definition) is 13. The second kappa shape index (κ2) is 30.9. The summed E-state index contributed by atoms with van der Waals surface area (Å²) in [4.78, 5) is 54.9. The molecule has 90 heavy (non-hydrogen) atoms. The Kier molecular flexibility index (Phi) is 23.4. The van der Waals surface area contributed by atoms with Crippen molar-refractivity contribution in [2.75, 3.05) is 47.3 Å². The molecule has 4 fully saturated rings. The van der Waals surface area contributed by atoms with Gasteiger partial charge in [-0.15, -0.1) is 0 Å². The van der Waals surface area contributed by atoms with E-state index in [1.54, 1.807) is 6.07 Å². The predicted molar refractivity (Wildman–Crippen MR) is 300 cm³/mol. The van der Waals surface area contributed by atoms with E-state index in [0.29, 0.717) is 11.1 Å². The number of aliphatic hydroxyl groups excluding tert-OH is 10. The highest BCUT2D eigenvalue weighted by molar-refractivity contribution is 5.90. The minimum atomic E-state index is -2.93. The molecule has 19 unspecified atom stereocenters. The molecule has 4 aromatic carbocycles. The molecule has 8 rings (SSSR count). The van der Waals surface area contributed by atoms with E-state index in [2.05, 4.69) is 0 Å². The maximum absolute atomic E-state index is 14.1. The highest BCUT2D eigenvalue weighted by Crippen LogP contribution is 2.42. The third kappa shape index (κ3) is 16.2. The molecule has 4 heterocycles. The van der Waals surface area contributed by atoms with E-state index in [4.69, 9.17) is 61.6 Å². The number of carbonyl (C=O) groups is 4. The summed E-state index contributed by atoms with van der Waals surface area (Å²) in [5, 5.41) is 142. The van der Waals surface area contributed by atoms with Crippen molar-refractivity contribution in [1.29, 1.82) is 0 Å². The molecule has 0 spiro atoms. The van der Waals surface area contributed by atoms with Crippen LogP contribution in [-0.2, 0) is 66.5 Å². The summed E-state index contributed by atoms with van der Waals surface area (Å²) < 4.78 is 76.5. The lowest BCUT2D eigenvalue weighted by Crippen LogP contribution is -2.69. The SMILES string of the molecule is COc1cc(C=CC(=O)OCC2OC(OC3C(OC(=O)C=Cc4ccc(O)c(OC)c4)C(CO)OC(OC4(COC(=O)C=Cc5ccc(O)cc5)OC(CO)C(O)C4OC(=O)c4ccccc4)C3OC3OC(CO)C(O)C(O)C3O)C(O)C(O)C2O)ccc1O. The van der Waals surface area contributed by atoms with Gasteiger partial charge in [-0.2, -0.15) is 0 Å². The van der Waals surface area contributed by atoms with Crippen molar-refractivity contribution in [2.24, 2.45) is 0 Å². The summed E-state index contributed by atoms with van der Waals surface area (Å²) in [6, 6.07) is 20.8. The zero-order valence-corrected chi connectivity index (χ0v) is 47.8. The summed E-state index contributed by atoms with van der Waals surface area (Å²) in [5.41, 5.74) is 0.890. The van der Waals surface area contributed by atoms with Gasteiger partial charge >= 0.3 is 23.9 Å². The Morgan fingerprint density at radius 2 is 1.00 bits per heavy atom. The summed E-state index contributed by atoms with van der Waals surface area (Å²) in [6.07, 6.45) is -32.0. The normalized spacial score (nSPS) is 32.0.